The maximum absolute atomic E-state index is 13.6. The molecule has 1 unspecified atom stereocenters. The van der Waals surface area contributed by atoms with Gasteiger partial charge in [0.1, 0.15) is 16.5 Å². The highest BCUT2D eigenvalue weighted by Crippen LogP contribution is 2.28. The van der Waals surface area contributed by atoms with Gasteiger partial charge in [0.15, 0.2) is 0 Å². The summed E-state index contributed by atoms with van der Waals surface area (Å²) in [7, 11) is -4.18. The van der Waals surface area contributed by atoms with Crippen molar-refractivity contribution in [3.05, 3.63) is 45.1 Å². The number of nitrogens with two attached hydrogens (primary N) is 1. The van der Waals surface area contributed by atoms with Crippen LogP contribution in [-0.2, 0) is 10.0 Å². The zero-order valence-electron chi connectivity index (χ0n) is 10.7. The van der Waals surface area contributed by atoms with Crippen molar-refractivity contribution in [3.8, 4) is 0 Å². The van der Waals surface area contributed by atoms with Crippen LogP contribution in [0.5, 0.6) is 0 Å². The standard InChI is InChI=1S/C12H11ClF2N2O2S2/c1-6(10-2-3-12(13)20-10)17-21(18,19)11-5-9(16)7(14)4-8(11)15/h2-6,17H,16H2,1H3. The normalized spacial score (nSPS) is 13.3. The minimum absolute atomic E-state index is 0.441. The molecule has 114 valence electrons. The van der Waals surface area contributed by atoms with Crippen LogP contribution in [0.3, 0.4) is 0 Å². The van der Waals surface area contributed by atoms with Gasteiger partial charge in [-0.3, -0.25) is 0 Å². The molecule has 0 fully saturated rings. The third-order valence-electron chi connectivity index (χ3n) is 2.69. The molecule has 9 heteroatoms. The Labute approximate surface area is 129 Å². The van der Waals surface area contributed by atoms with Crippen LogP contribution >= 0.6 is 22.9 Å². The molecule has 1 aromatic heterocycles. The molecular formula is C12H11ClF2N2O2S2. The topological polar surface area (TPSA) is 72.2 Å². The van der Waals surface area contributed by atoms with Crippen molar-refractivity contribution in [1.82, 2.24) is 4.72 Å². The molecule has 0 spiro atoms. The maximum atomic E-state index is 13.6. The lowest BCUT2D eigenvalue weighted by molar-refractivity contribution is 0.538. The van der Waals surface area contributed by atoms with Gasteiger partial charge in [-0.25, -0.2) is 21.9 Å². The first kappa shape index (κ1) is 16.2. The van der Waals surface area contributed by atoms with Crippen LogP contribution < -0.4 is 10.5 Å². The first-order chi connectivity index (χ1) is 9.70. The second-order valence-electron chi connectivity index (χ2n) is 4.29. The van der Waals surface area contributed by atoms with E-state index in [1.807, 2.05) is 0 Å². The number of hydrogen-bond acceptors (Lipinski definition) is 4. The summed E-state index contributed by atoms with van der Waals surface area (Å²) in [4.78, 5) is -0.0324. The molecule has 0 aliphatic rings. The van der Waals surface area contributed by atoms with Crippen molar-refractivity contribution in [1.29, 1.82) is 0 Å². The molecule has 1 atom stereocenters. The van der Waals surface area contributed by atoms with Crippen molar-refractivity contribution in [2.45, 2.75) is 17.9 Å². The van der Waals surface area contributed by atoms with Crippen LogP contribution in [0.15, 0.2) is 29.2 Å². The van der Waals surface area contributed by atoms with E-state index in [0.717, 1.165) is 6.07 Å². The Morgan fingerprint density at radius 1 is 1.29 bits per heavy atom. The molecule has 0 aliphatic carbocycles. The fourth-order valence-corrected chi connectivity index (χ4v) is 4.12. The molecule has 0 saturated heterocycles. The predicted molar refractivity (Wildman–Crippen MR) is 78.8 cm³/mol. The van der Waals surface area contributed by atoms with Crippen molar-refractivity contribution in [3.63, 3.8) is 0 Å². The SMILES string of the molecule is CC(NS(=O)(=O)c1cc(N)c(F)cc1F)c1ccc(Cl)s1. The van der Waals surface area contributed by atoms with Crippen molar-refractivity contribution in [2.24, 2.45) is 0 Å². The smallest absolute Gasteiger partial charge is 0.244 e. The minimum Gasteiger partial charge on any atom is -0.396 e. The molecule has 3 N–H and O–H groups in total. The second kappa shape index (κ2) is 5.88. The molecule has 1 aromatic carbocycles. The quantitative estimate of drug-likeness (QED) is 0.829. The first-order valence-corrected chi connectivity index (χ1v) is 8.40. The molecule has 1 heterocycles. The van der Waals surface area contributed by atoms with E-state index in [-0.39, 0.29) is 0 Å². The average Bonchev–Trinajstić information content (AvgIpc) is 2.80. The summed E-state index contributed by atoms with van der Waals surface area (Å²) in [5.41, 5.74) is 4.84. The van der Waals surface area contributed by atoms with E-state index in [9.17, 15) is 17.2 Å². The van der Waals surface area contributed by atoms with Gasteiger partial charge < -0.3 is 5.73 Å². The fraction of sp³-hybridized carbons (Fsp3) is 0.167. The molecule has 0 amide bonds. The van der Waals surface area contributed by atoms with Gasteiger partial charge in [0.2, 0.25) is 10.0 Å². The fourth-order valence-electron chi connectivity index (χ4n) is 1.67. The zero-order valence-corrected chi connectivity index (χ0v) is 13.1. The van der Waals surface area contributed by atoms with E-state index < -0.39 is 38.3 Å². The van der Waals surface area contributed by atoms with Gasteiger partial charge in [-0.1, -0.05) is 11.6 Å². The van der Waals surface area contributed by atoms with Crippen LogP contribution in [0.2, 0.25) is 4.34 Å². The number of nitrogens with one attached hydrogen (secondary N) is 1. The van der Waals surface area contributed by atoms with Crippen LogP contribution in [-0.4, -0.2) is 8.42 Å². The lowest BCUT2D eigenvalue weighted by Crippen LogP contribution is -2.27. The minimum atomic E-state index is -4.18. The van der Waals surface area contributed by atoms with Gasteiger partial charge in [0, 0.05) is 10.9 Å². The Balaban J connectivity index is 2.32. The molecule has 0 radical (unpaired) electrons. The monoisotopic (exact) mass is 352 g/mol. The Kier molecular flexibility index (Phi) is 4.52. The summed E-state index contributed by atoms with van der Waals surface area (Å²) in [6, 6.07) is 3.87. The van der Waals surface area contributed by atoms with E-state index in [0.29, 0.717) is 15.3 Å². The van der Waals surface area contributed by atoms with Gasteiger partial charge in [-0.05, 0) is 25.1 Å². The lowest BCUT2D eigenvalue weighted by Gasteiger charge is -2.13. The molecule has 2 rings (SSSR count). The predicted octanol–water partition coefficient (Wildman–Crippen LogP) is 3.30. The van der Waals surface area contributed by atoms with Crippen LogP contribution in [0.4, 0.5) is 14.5 Å². The number of hydrogen-bond donors (Lipinski definition) is 2. The number of benzene rings is 1. The number of rotatable bonds is 4. The van der Waals surface area contributed by atoms with E-state index in [1.54, 1.807) is 19.1 Å². The molecule has 21 heavy (non-hydrogen) atoms. The average molecular weight is 353 g/mol. The summed E-state index contributed by atoms with van der Waals surface area (Å²) in [6.45, 7) is 1.59. The summed E-state index contributed by atoms with van der Waals surface area (Å²) in [5, 5.41) is 0. The number of thiophene rings is 1. The third kappa shape index (κ3) is 3.52. The summed E-state index contributed by atoms with van der Waals surface area (Å²) < 4.78 is 53.8. The largest absolute Gasteiger partial charge is 0.396 e. The van der Waals surface area contributed by atoms with E-state index in [4.69, 9.17) is 17.3 Å². The van der Waals surface area contributed by atoms with Crippen molar-refractivity contribution in [2.75, 3.05) is 5.73 Å². The molecule has 4 nitrogen and oxygen atoms in total. The highest BCUT2D eigenvalue weighted by atomic mass is 35.5. The van der Waals surface area contributed by atoms with E-state index in [1.165, 1.54) is 11.3 Å². The van der Waals surface area contributed by atoms with Gasteiger partial charge in [-0.15, -0.1) is 11.3 Å². The van der Waals surface area contributed by atoms with Gasteiger partial charge in [0.25, 0.3) is 0 Å². The third-order valence-corrected chi connectivity index (χ3v) is 5.66. The highest BCUT2D eigenvalue weighted by molar-refractivity contribution is 7.89. The second-order valence-corrected chi connectivity index (χ2v) is 7.72. The summed E-state index contributed by atoms with van der Waals surface area (Å²) >= 11 is 6.98. The van der Waals surface area contributed by atoms with Crippen LogP contribution in [0.1, 0.15) is 17.8 Å². The van der Waals surface area contributed by atoms with Crippen molar-refractivity contribution >= 4 is 38.6 Å². The Bertz CT molecular complexity index is 778. The van der Waals surface area contributed by atoms with Gasteiger partial charge in [-0.2, -0.15) is 0 Å². The molecule has 2 aromatic rings. The number of sulfonamides is 1. The Morgan fingerprint density at radius 3 is 2.52 bits per heavy atom. The highest BCUT2D eigenvalue weighted by Gasteiger charge is 2.24. The number of nitrogen functional groups attached to an aromatic ring is 1. The van der Waals surface area contributed by atoms with Gasteiger partial charge >= 0.3 is 0 Å². The summed E-state index contributed by atoms with van der Waals surface area (Å²) in [5.74, 6) is -2.21. The Hall–Kier alpha value is -1.22. The van der Waals surface area contributed by atoms with Crippen LogP contribution in [0.25, 0.3) is 0 Å². The van der Waals surface area contributed by atoms with Crippen molar-refractivity contribution < 1.29 is 17.2 Å². The molecular weight excluding hydrogens is 342 g/mol. The lowest BCUT2D eigenvalue weighted by atomic mass is 10.3. The van der Waals surface area contributed by atoms with E-state index in [2.05, 4.69) is 4.72 Å². The molecule has 0 saturated carbocycles. The maximum Gasteiger partial charge on any atom is 0.244 e. The van der Waals surface area contributed by atoms with E-state index >= 15 is 0 Å². The number of anilines is 1. The van der Waals surface area contributed by atoms with Gasteiger partial charge in [0.05, 0.1) is 16.1 Å². The molecule has 0 aliphatic heterocycles. The number of halogens is 3. The first-order valence-electron chi connectivity index (χ1n) is 5.73. The Morgan fingerprint density at radius 2 is 1.95 bits per heavy atom. The van der Waals surface area contributed by atoms with Crippen LogP contribution in [0, 0.1) is 11.6 Å². The summed E-state index contributed by atoms with van der Waals surface area (Å²) in [6.07, 6.45) is 0. The molecule has 0 bridgehead atoms. The zero-order chi connectivity index (χ0) is 15.8.